The first-order valence-corrected chi connectivity index (χ1v) is 13.2. The van der Waals surface area contributed by atoms with Gasteiger partial charge in [-0.2, -0.15) is 20.1 Å². The Morgan fingerprint density at radius 2 is 1.97 bits per heavy atom. The van der Waals surface area contributed by atoms with Gasteiger partial charge in [-0.25, -0.2) is 9.50 Å². The summed E-state index contributed by atoms with van der Waals surface area (Å²) in [5.74, 6) is 0.190. The van der Waals surface area contributed by atoms with Gasteiger partial charge in [-0.1, -0.05) is 17.4 Å². The van der Waals surface area contributed by atoms with E-state index >= 15 is 0 Å². The molecular formula is C25H28N8OS. The molecule has 4 aromatic rings. The van der Waals surface area contributed by atoms with Gasteiger partial charge in [0.1, 0.15) is 5.01 Å². The minimum Gasteiger partial charge on any atom is -0.342 e. The number of fused-ring (bicyclic) bond motifs is 2. The molecule has 1 atom stereocenters. The smallest absolute Gasteiger partial charge is 0.228 e. The van der Waals surface area contributed by atoms with E-state index in [1.807, 2.05) is 16.3 Å². The Morgan fingerprint density at radius 1 is 1.17 bits per heavy atom. The lowest BCUT2D eigenvalue weighted by Gasteiger charge is -2.56. The second-order valence-corrected chi connectivity index (χ2v) is 11.4. The van der Waals surface area contributed by atoms with Gasteiger partial charge in [-0.15, -0.1) is 0 Å². The highest BCUT2D eigenvalue weighted by Crippen LogP contribution is 2.47. The Hall–Kier alpha value is -3.11. The molecule has 1 unspecified atom stereocenters. The fraction of sp³-hybridized carbons (Fsp3) is 0.480. The summed E-state index contributed by atoms with van der Waals surface area (Å²) in [6.07, 6.45) is 10.1. The van der Waals surface area contributed by atoms with Crippen LogP contribution in [0.3, 0.4) is 0 Å². The number of carbonyl (C=O) groups excluding carboxylic acids is 1. The van der Waals surface area contributed by atoms with Crippen LogP contribution in [0.15, 0.2) is 36.8 Å². The second-order valence-electron chi connectivity index (χ2n) is 10.3. The van der Waals surface area contributed by atoms with Crippen LogP contribution in [-0.4, -0.2) is 71.5 Å². The lowest BCUT2D eigenvalue weighted by atomic mass is 9.71. The molecule has 2 fully saturated rings. The van der Waals surface area contributed by atoms with E-state index in [2.05, 4.69) is 43.4 Å². The highest BCUT2D eigenvalue weighted by atomic mass is 32.1. The van der Waals surface area contributed by atoms with Gasteiger partial charge < -0.3 is 4.90 Å². The Bertz CT molecular complexity index is 1390. The minimum absolute atomic E-state index is 0.190. The van der Waals surface area contributed by atoms with Crippen LogP contribution in [-0.2, 0) is 17.6 Å². The van der Waals surface area contributed by atoms with Gasteiger partial charge in [0.2, 0.25) is 10.9 Å². The normalized spacial score (nSPS) is 21.5. The molecule has 1 aliphatic carbocycles. The molecular weight excluding hydrogens is 460 g/mol. The summed E-state index contributed by atoms with van der Waals surface area (Å²) in [6.45, 7) is 5.96. The molecule has 1 spiro atoms. The Morgan fingerprint density at radius 3 is 2.77 bits per heavy atom. The van der Waals surface area contributed by atoms with E-state index in [0.717, 1.165) is 66.8 Å². The number of hydrogen-bond acceptors (Lipinski definition) is 7. The first-order chi connectivity index (χ1) is 17.1. The molecule has 5 heterocycles. The standard InChI is InChI=1S/C25H28N8OS/c1-17-29-32-20(14-26-24(32)35-17)13-23(34)30-10-6-25(7-11-30)15-31(16-25)22-5-2-18-12-19(3-4-21(18)22)33-27-8-9-28-33/h3-4,8-9,12,14,22H,2,5-7,10-11,13,15-16H2,1H3. The fourth-order valence-electron chi connectivity index (χ4n) is 6.24. The monoisotopic (exact) mass is 488 g/mol. The zero-order valence-corrected chi connectivity index (χ0v) is 20.6. The first-order valence-electron chi connectivity index (χ1n) is 12.4. The number of aromatic nitrogens is 6. The van der Waals surface area contributed by atoms with Crippen LogP contribution in [0.25, 0.3) is 10.6 Å². The number of benzene rings is 1. The van der Waals surface area contributed by atoms with Crippen molar-refractivity contribution in [2.75, 3.05) is 26.2 Å². The van der Waals surface area contributed by atoms with Crippen molar-refractivity contribution in [3.05, 3.63) is 58.6 Å². The number of imidazole rings is 1. The molecule has 3 aliphatic rings. The lowest BCUT2D eigenvalue weighted by Crippen LogP contribution is -2.61. The third-order valence-corrected chi connectivity index (χ3v) is 8.94. The molecule has 2 saturated heterocycles. The highest BCUT2D eigenvalue weighted by Gasteiger charge is 2.48. The van der Waals surface area contributed by atoms with Gasteiger partial charge in [0.25, 0.3) is 0 Å². The molecule has 180 valence electrons. The van der Waals surface area contributed by atoms with E-state index in [1.54, 1.807) is 34.7 Å². The molecule has 35 heavy (non-hydrogen) atoms. The van der Waals surface area contributed by atoms with Crippen LogP contribution in [0.2, 0.25) is 0 Å². The number of rotatable bonds is 4. The molecule has 0 saturated carbocycles. The van der Waals surface area contributed by atoms with Crippen molar-refractivity contribution in [2.45, 2.75) is 45.1 Å². The van der Waals surface area contributed by atoms with E-state index in [-0.39, 0.29) is 5.91 Å². The van der Waals surface area contributed by atoms with Gasteiger partial charge in [0, 0.05) is 32.2 Å². The number of carbonyl (C=O) groups is 1. The number of likely N-dealkylation sites (tertiary alicyclic amines) is 2. The summed E-state index contributed by atoms with van der Waals surface area (Å²) in [5.41, 5.74) is 5.18. The van der Waals surface area contributed by atoms with Crippen LogP contribution in [0.5, 0.6) is 0 Å². The van der Waals surface area contributed by atoms with Crippen LogP contribution >= 0.6 is 11.3 Å². The summed E-state index contributed by atoms with van der Waals surface area (Å²) in [4.78, 5) is 24.6. The van der Waals surface area contributed by atoms with Crippen molar-refractivity contribution in [3.63, 3.8) is 0 Å². The zero-order chi connectivity index (χ0) is 23.6. The average molecular weight is 489 g/mol. The molecule has 10 heteroatoms. The maximum absolute atomic E-state index is 13.0. The van der Waals surface area contributed by atoms with Crippen molar-refractivity contribution < 1.29 is 4.79 Å². The van der Waals surface area contributed by atoms with Crippen molar-refractivity contribution >= 4 is 22.2 Å². The molecule has 0 N–H and O–H groups in total. The van der Waals surface area contributed by atoms with Crippen molar-refractivity contribution in [2.24, 2.45) is 5.41 Å². The number of aryl methyl sites for hydroxylation is 2. The molecule has 9 nitrogen and oxygen atoms in total. The molecule has 2 aliphatic heterocycles. The van der Waals surface area contributed by atoms with Gasteiger partial charge in [0.05, 0.1) is 36.4 Å². The topological polar surface area (TPSA) is 84.5 Å². The van der Waals surface area contributed by atoms with Gasteiger partial charge in [-0.3, -0.25) is 9.69 Å². The molecule has 7 rings (SSSR count). The highest BCUT2D eigenvalue weighted by molar-refractivity contribution is 7.16. The SMILES string of the molecule is Cc1nn2c(CC(=O)N3CCC4(CC3)CN(C3CCc5cc(-n6nccn6)ccc53)C4)cnc2s1. The number of piperidine rings is 1. The second kappa shape index (κ2) is 7.96. The summed E-state index contributed by atoms with van der Waals surface area (Å²) in [7, 11) is 0. The first kappa shape index (κ1) is 21.2. The number of nitrogens with zero attached hydrogens (tertiary/aromatic N) is 8. The lowest BCUT2D eigenvalue weighted by molar-refractivity contribution is -0.136. The predicted molar refractivity (Wildman–Crippen MR) is 132 cm³/mol. The van der Waals surface area contributed by atoms with Crippen LogP contribution in [0.4, 0.5) is 0 Å². The van der Waals surface area contributed by atoms with E-state index in [9.17, 15) is 4.79 Å². The summed E-state index contributed by atoms with van der Waals surface area (Å²) in [5, 5.41) is 14.0. The van der Waals surface area contributed by atoms with Crippen LogP contribution in [0.1, 0.15) is 47.1 Å². The van der Waals surface area contributed by atoms with Crippen molar-refractivity contribution in [3.8, 4) is 5.69 Å². The van der Waals surface area contributed by atoms with E-state index in [0.29, 0.717) is 17.9 Å². The van der Waals surface area contributed by atoms with Gasteiger partial charge >= 0.3 is 0 Å². The van der Waals surface area contributed by atoms with Gasteiger partial charge in [-0.05, 0) is 61.3 Å². The largest absolute Gasteiger partial charge is 0.342 e. The maximum Gasteiger partial charge on any atom is 0.228 e. The van der Waals surface area contributed by atoms with E-state index in [4.69, 9.17) is 0 Å². The summed E-state index contributed by atoms with van der Waals surface area (Å²) < 4.78 is 1.82. The van der Waals surface area contributed by atoms with Crippen molar-refractivity contribution in [1.29, 1.82) is 0 Å². The average Bonchev–Trinajstić information content (AvgIpc) is 3.63. The van der Waals surface area contributed by atoms with Gasteiger partial charge in [0.15, 0.2) is 0 Å². The Kier molecular flexibility index (Phi) is 4.82. The van der Waals surface area contributed by atoms with E-state index < -0.39 is 0 Å². The quantitative estimate of drug-likeness (QED) is 0.439. The van der Waals surface area contributed by atoms with E-state index in [1.165, 1.54) is 17.5 Å². The Labute approximate surface area is 207 Å². The van der Waals surface area contributed by atoms with Crippen molar-refractivity contribution in [1.82, 2.24) is 39.4 Å². The summed E-state index contributed by atoms with van der Waals surface area (Å²) in [6, 6.07) is 7.17. The maximum atomic E-state index is 13.0. The third kappa shape index (κ3) is 3.58. The molecule has 0 bridgehead atoms. The molecule has 3 aromatic heterocycles. The molecule has 1 aromatic carbocycles. The minimum atomic E-state index is 0.190. The molecule has 0 radical (unpaired) electrons. The summed E-state index contributed by atoms with van der Waals surface area (Å²) >= 11 is 1.56. The molecule has 1 amide bonds. The fourth-order valence-corrected chi connectivity index (χ4v) is 6.97. The third-order valence-electron chi connectivity index (χ3n) is 8.11. The predicted octanol–water partition coefficient (Wildman–Crippen LogP) is 2.83. The number of amides is 1. The number of hydrogen-bond donors (Lipinski definition) is 0. The van der Waals surface area contributed by atoms with Crippen LogP contribution in [0, 0.1) is 12.3 Å². The zero-order valence-electron chi connectivity index (χ0n) is 19.8. The van der Waals surface area contributed by atoms with Crippen LogP contribution < -0.4 is 0 Å². The Balaban J connectivity index is 0.960.